The molecule has 0 bridgehead atoms. The quantitative estimate of drug-likeness (QED) is 0.894. The van der Waals surface area contributed by atoms with Crippen LogP contribution in [0.1, 0.15) is 35.2 Å². The predicted octanol–water partition coefficient (Wildman–Crippen LogP) is 1.90. The maximum absolute atomic E-state index is 4.18. The Hall–Kier alpha value is -1.68. The van der Waals surface area contributed by atoms with E-state index in [1.165, 1.54) is 24.0 Å². The van der Waals surface area contributed by atoms with Gasteiger partial charge in [-0.1, -0.05) is 24.3 Å². The minimum Gasteiger partial charge on any atom is -0.317 e. The lowest BCUT2D eigenvalue weighted by Crippen LogP contribution is -2.20. The Morgan fingerprint density at radius 2 is 2.17 bits per heavy atom. The lowest BCUT2D eigenvalue weighted by molar-refractivity contribution is 0.511. The number of hydrogen-bond acceptors (Lipinski definition) is 3. The lowest BCUT2D eigenvalue weighted by Gasteiger charge is -2.13. The smallest absolute Gasteiger partial charge is 0.146 e. The molecule has 1 aromatic carbocycles. The maximum Gasteiger partial charge on any atom is 0.146 e. The zero-order valence-corrected chi connectivity index (χ0v) is 10.8. The molecule has 1 aromatic heterocycles. The first-order valence-electron chi connectivity index (χ1n) is 6.42. The third-order valence-corrected chi connectivity index (χ3v) is 3.82. The zero-order valence-electron chi connectivity index (χ0n) is 10.8. The van der Waals surface area contributed by atoms with Crippen LogP contribution in [0.3, 0.4) is 0 Å². The first kappa shape index (κ1) is 11.4. The van der Waals surface area contributed by atoms with Crippen LogP contribution in [0.25, 0.3) is 0 Å². The summed E-state index contributed by atoms with van der Waals surface area (Å²) in [5, 5.41) is 11.8. The van der Waals surface area contributed by atoms with Crippen LogP contribution < -0.4 is 5.32 Å². The molecule has 0 fully saturated rings. The molecule has 94 valence electrons. The van der Waals surface area contributed by atoms with Gasteiger partial charge in [-0.15, -0.1) is 10.2 Å². The zero-order chi connectivity index (χ0) is 12.5. The summed E-state index contributed by atoms with van der Waals surface area (Å²) in [4.78, 5) is 0. The molecule has 0 saturated carbocycles. The molecule has 0 amide bonds. The van der Waals surface area contributed by atoms with Crippen molar-refractivity contribution < 1.29 is 0 Å². The minimum absolute atomic E-state index is 0.457. The Labute approximate surface area is 107 Å². The minimum atomic E-state index is 0.457. The maximum atomic E-state index is 4.18. The highest BCUT2D eigenvalue weighted by Crippen LogP contribution is 2.30. The number of aryl methyl sites for hydroxylation is 2. The molecule has 4 nitrogen and oxygen atoms in total. The molecule has 1 aliphatic rings. The van der Waals surface area contributed by atoms with Crippen molar-refractivity contribution in [2.24, 2.45) is 7.05 Å². The van der Waals surface area contributed by atoms with Crippen LogP contribution in [0, 0.1) is 6.92 Å². The normalized spacial score (nSPS) is 18.0. The molecule has 4 heteroatoms. The third kappa shape index (κ3) is 1.93. The molecular formula is C14H18N4. The molecule has 2 aromatic rings. The van der Waals surface area contributed by atoms with Crippen molar-refractivity contribution in [3.63, 3.8) is 0 Å². The largest absolute Gasteiger partial charge is 0.317 e. The van der Waals surface area contributed by atoms with E-state index in [4.69, 9.17) is 0 Å². The first-order chi connectivity index (χ1) is 8.75. The van der Waals surface area contributed by atoms with Crippen LogP contribution >= 0.6 is 0 Å². The number of benzene rings is 1. The molecule has 3 rings (SSSR count). The SMILES string of the molecule is Cc1nnc(CNC2CCc3ccccc32)n1C. The van der Waals surface area contributed by atoms with Crippen LogP contribution in [0.5, 0.6) is 0 Å². The number of aromatic nitrogens is 3. The van der Waals surface area contributed by atoms with Gasteiger partial charge in [0.1, 0.15) is 11.6 Å². The van der Waals surface area contributed by atoms with Gasteiger partial charge in [0.15, 0.2) is 0 Å². The molecule has 1 aliphatic carbocycles. The molecule has 1 atom stereocenters. The Morgan fingerprint density at radius 1 is 1.33 bits per heavy atom. The predicted molar refractivity (Wildman–Crippen MR) is 70.1 cm³/mol. The van der Waals surface area contributed by atoms with Gasteiger partial charge in [0, 0.05) is 13.1 Å². The van der Waals surface area contributed by atoms with Crippen LogP contribution in [-0.2, 0) is 20.0 Å². The lowest BCUT2D eigenvalue weighted by atomic mass is 10.1. The second-order valence-corrected chi connectivity index (χ2v) is 4.89. The van der Waals surface area contributed by atoms with Crippen molar-refractivity contribution in [3.05, 3.63) is 47.0 Å². The van der Waals surface area contributed by atoms with Crippen molar-refractivity contribution in [1.82, 2.24) is 20.1 Å². The van der Waals surface area contributed by atoms with Gasteiger partial charge in [-0.3, -0.25) is 0 Å². The van der Waals surface area contributed by atoms with E-state index in [9.17, 15) is 0 Å². The monoisotopic (exact) mass is 242 g/mol. The van der Waals surface area contributed by atoms with E-state index in [1.54, 1.807) is 0 Å². The second-order valence-electron chi connectivity index (χ2n) is 4.89. The number of nitrogens with zero attached hydrogens (tertiary/aromatic N) is 3. The van der Waals surface area contributed by atoms with Crippen molar-refractivity contribution in [1.29, 1.82) is 0 Å². The van der Waals surface area contributed by atoms with Crippen LogP contribution in [0.2, 0.25) is 0 Å². The first-order valence-corrected chi connectivity index (χ1v) is 6.42. The van der Waals surface area contributed by atoms with E-state index in [1.807, 2.05) is 18.5 Å². The van der Waals surface area contributed by atoms with E-state index in [-0.39, 0.29) is 0 Å². The van der Waals surface area contributed by atoms with E-state index < -0.39 is 0 Å². The van der Waals surface area contributed by atoms with Crippen molar-refractivity contribution in [2.75, 3.05) is 0 Å². The Balaban J connectivity index is 1.70. The molecule has 0 aliphatic heterocycles. The summed E-state index contributed by atoms with van der Waals surface area (Å²) in [5.74, 6) is 1.95. The molecule has 1 unspecified atom stereocenters. The van der Waals surface area contributed by atoms with Crippen LogP contribution in [-0.4, -0.2) is 14.8 Å². The van der Waals surface area contributed by atoms with E-state index in [0.29, 0.717) is 6.04 Å². The Morgan fingerprint density at radius 3 is 2.94 bits per heavy atom. The standard InChI is InChI=1S/C14H18N4/c1-10-16-17-14(18(10)2)9-15-13-8-7-11-5-3-4-6-12(11)13/h3-6,13,15H,7-9H2,1-2H3. The number of hydrogen-bond donors (Lipinski definition) is 1. The number of rotatable bonds is 3. The van der Waals surface area contributed by atoms with Gasteiger partial charge in [-0.2, -0.15) is 0 Å². The summed E-state index contributed by atoms with van der Waals surface area (Å²) >= 11 is 0. The highest BCUT2D eigenvalue weighted by atomic mass is 15.3. The molecule has 1 N–H and O–H groups in total. The summed E-state index contributed by atoms with van der Waals surface area (Å²) in [5.41, 5.74) is 2.92. The molecule has 18 heavy (non-hydrogen) atoms. The molecule has 0 saturated heterocycles. The summed E-state index contributed by atoms with van der Waals surface area (Å²) in [7, 11) is 2.01. The van der Waals surface area contributed by atoms with E-state index in [0.717, 1.165) is 18.2 Å². The van der Waals surface area contributed by atoms with Gasteiger partial charge < -0.3 is 9.88 Å². The van der Waals surface area contributed by atoms with Crippen molar-refractivity contribution in [2.45, 2.75) is 32.4 Å². The van der Waals surface area contributed by atoms with E-state index >= 15 is 0 Å². The fourth-order valence-corrected chi connectivity index (χ4v) is 2.59. The molecule has 0 radical (unpaired) electrons. The molecular weight excluding hydrogens is 224 g/mol. The fraction of sp³-hybridized carbons (Fsp3) is 0.429. The number of fused-ring (bicyclic) bond motifs is 1. The third-order valence-electron chi connectivity index (χ3n) is 3.82. The van der Waals surface area contributed by atoms with Crippen LogP contribution in [0.4, 0.5) is 0 Å². The summed E-state index contributed by atoms with van der Waals surface area (Å²) < 4.78 is 2.04. The molecule has 1 heterocycles. The van der Waals surface area contributed by atoms with Gasteiger partial charge in [0.05, 0.1) is 6.54 Å². The summed E-state index contributed by atoms with van der Waals surface area (Å²) in [6.45, 7) is 2.75. The van der Waals surface area contributed by atoms with Gasteiger partial charge in [0.2, 0.25) is 0 Å². The highest BCUT2D eigenvalue weighted by molar-refractivity contribution is 5.34. The van der Waals surface area contributed by atoms with Gasteiger partial charge in [-0.25, -0.2) is 0 Å². The van der Waals surface area contributed by atoms with Gasteiger partial charge in [0.25, 0.3) is 0 Å². The van der Waals surface area contributed by atoms with Crippen molar-refractivity contribution in [3.8, 4) is 0 Å². The highest BCUT2D eigenvalue weighted by Gasteiger charge is 2.21. The van der Waals surface area contributed by atoms with Gasteiger partial charge in [-0.05, 0) is 30.9 Å². The summed E-state index contributed by atoms with van der Waals surface area (Å²) in [6, 6.07) is 9.14. The second kappa shape index (κ2) is 4.53. The Bertz CT molecular complexity index is 559. The van der Waals surface area contributed by atoms with E-state index in [2.05, 4.69) is 39.8 Å². The van der Waals surface area contributed by atoms with Crippen molar-refractivity contribution >= 4 is 0 Å². The van der Waals surface area contributed by atoms with Crippen LogP contribution in [0.15, 0.2) is 24.3 Å². The summed E-state index contributed by atoms with van der Waals surface area (Å²) in [6.07, 6.45) is 2.35. The molecule has 0 spiro atoms. The number of nitrogens with one attached hydrogen (secondary N) is 1. The average Bonchev–Trinajstić information content (AvgIpc) is 2.94. The fourth-order valence-electron chi connectivity index (χ4n) is 2.59. The van der Waals surface area contributed by atoms with Gasteiger partial charge >= 0.3 is 0 Å². The Kier molecular flexibility index (Phi) is 2.88. The average molecular weight is 242 g/mol. The topological polar surface area (TPSA) is 42.7 Å².